The van der Waals surface area contributed by atoms with Crippen molar-refractivity contribution < 1.29 is 4.79 Å². The second-order valence-corrected chi connectivity index (χ2v) is 3.29. The molecule has 1 atom stereocenters. The number of amides is 1. The summed E-state index contributed by atoms with van der Waals surface area (Å²) in [6.45, 7) is 0.758. The molecule has 12 heavy (non-hydrogen) atoms. The van der Waals surface area contributed by atoms with Crippen LogP contribution in [0.4, 0.5) is 0 Å². The third-order valence-corrected chi connectivity index (χ3v) is 1.97. The molecule has 1 rings (SSSR count). The number of thiocarbonyl (C=S) groups is 1. The molecule has 68 valence electrons. The van der Waals surface area contributed by atoms with Crippen molar-refractivity contribution in [2.75, 3.05) is 6.54 Å². The Balaban J connectivity index is 2.47. The van der Waals surface area contributed by atoms with Crippen LogP contribution >= 0.6 is 12.2 Å². The molecule has 5 heteroatoms. The summed E-state index contributed by atoms with van der Waals surface area (Å²) >= 11 is 4.66. The van der Waals surface area contributed by atoms with Crippen LogP contribution in [0, 0.1) is 0 Å². The van der Waals surface area contributed by atoms with Crippen LogP contribution in [0.1, 0.15) is 19.3 Å². The summed E-state index contributed by atoms with van der Waals surface area (Å²) in [5, 5.41) is 5.74. The predicted molar refractivity (Wildman–Crippen MR) is 50.6 cm³/mol. The zero-order valence-corrected chi connectivity index (χ0v) is 7.62. The van der Waals surface area contributed by atoms with Crippen LogP contribution < -0.4 is 16.4 Å². The fraction of sp³-hybridized carbons (Fsp3) is 0.714. The van der Waals surface area contributed by atoms with Crippen molar-refractivity contribution in [1.29, 1.82) is 0 Å². The van der Waals surface area contributed by atoms with Gasteiger partial charge in [0, 0.05) is 6.54 Å². The van der Waals surface area contributed by atoms with Crippen molar-refractivity contribution in [3.8, 4) is 0 Å². The average molecular weight is 187 g/mol. The Morgan fingerprint density at radius 3 is 3.08 bits per heavy atom. The summed E-state index contributed by atoms with van der Waals surface area (Å²) in [5.74, 6) is 0.000278. The first-order valence-electron chi connectivity index (χ1n) is 4.04. The molecule has 1 aliphatic rings. The minimum atomic E-state index is -0.231. The SMILES string of the molecule is NC(=S)NC1CCCCNC1=O. The average Bonchev–Trinajstić information content (AvgIpc) is 2.16. The molecular weight excluding hydrogens is 174 g/mol. The van der Waals surface area contributed by atoms with E-state index in [4.69, 9.17) is 5.73 Å². The first-order chi connectivity index (χ1) is 5.70. The number of rotatable bonds is 1. The highest BCUT2D eigenvalue weighted by Crippen LogP contribution is 2.04. The maximum Gasteiger partial charge on any atom is 0.242 e. The van der Waals surface area contributed by atoms with Crippen LogP contribution in [-0.2, 0) is 4.79 Å². The molecule has 0 bridgehead atoms. The summed E-state index contributed by atoms with van der Waals surface area (Å²) in [6, 6.07) is -0.231. The van der Waals surface area contributed by atoms with Crippen molar-refractivity contribution >= 4 is 23.2 Å². The van der Waals surface area contributed by atoms with Gasteiger partial charge in [-0.15, -0.1) is 0 Å². The summed E-state index contributed by atoms with van der Waals surface area (Å²) in [6.07, 6.45) is 2.86. The molecule has 1 fully saturated rings. The lowest BCUT2D eigenvalue weighted by Gasteiger charge is -2.14. The molecule has 1 amide bonds. The van der Waals surface area contributed by atoms with Crippen molar-refractivity contribution in [2.45, 2.75) is 25.3 Å². The Hall–Kier alpha value is -0.840. The van der Waals surface area contributed by atoms with Crippen LogP contribution in [0.3, 0.4) is 0 Å². The molecule has 4 nitrogen and oxygen atoms in total. The van der Waals surface area contributed by atoms with Gasteiger partial charge in [-0.25, -0.2) is 0 Å². The van der Waals surface area contributed by atoms with Crippen molar-refractivity contribution in [3.63, 3.8) is 0 Å². The normalized spacial score (nSPS) is 24.0. The molecule has 0 aliphatic carbocycles. The van der Waals surface area contributed by atoms with E-state index in [0.29, 0.717) is 0 Å². The fourth-order valence-electron chi connectivity index (χ4n) is 1.25. The van der Waals surface area contributed by atoms with Gasteiger partial charge in [0.25, 0.3) is 0 Å². The number of nitrogens with one attached hydrogen (secondary N) is 2. The maximum absolute atomic E-state index is 11.3. The minimum absolute atomic E-state index is 0.000278. The van der Waals surface area contributed by atoms with E-state index in [1.54, 1.807) is 0 Å². The van der Waals surface area contributed by atoms with E-state index in [0.717, 1.165) is 25.8 Å². The number of carbonyl (C=O) groups is 1. The largest absolute Gasteiger partial charge is 0.376 e. The Labute approximate surface area is 76.9 Å². The van der Waals surface area contributed by atoms with Gasteiger partial charge in [0.1, 0.15) is 6.04 Å². The quantitative estimate of drug-likeness (QED) is 0.484. The maximum atomic E-state index is 11.3. The van der Waals surface area contributed by atoms with Crippen molar-refractivity contribution in [3.05, 3.63) is 0 Å². The van der Waals surface area contributed by atoms with E-state index in [2.05, 4.69) is 22.9 Å². The van der Waals surface area contributed by atoms with E-state index in [1.165, 1.54) is 0 Å². The zero-order chi connectivity index (χ0) is 8.97. The van der Waals surface area contributed by atoms with E-state index < -0.39 is 0 Å². The highest BCUT2D eigenvalue weighted by Gasteiger charge is 2.19. The molecule has 0 spiro atoms. The van der Waals surface area contributed by atoms with E-state index in [-0.39, 0.29) is 17.1 Å². The third-order valence-electron chi connectivity index (χ3n) is 1.85. The summed E-state index contributed by atoms with van der Waals surface area (Å²) < 4.78 is 0. The van der Waals surface area contributed by atoms with Crippen LogP contribution in [0.25, 0.3) is 0 Å². The van der Waals surface area contributed by atoms with Gasteiger partial charge in [-0.3, -0.25) is 4.79 Å². The number of hydrogen-bond donors (Lipinski definition) is 3. The van der Waals surface area contributed by atoms with Crippen molar-refractivity contribution in [1.82, 2.24) is 10.6 Å². The van der Waals surface area contributed by atoms with E-state index in [1.807, 2.05) is 0 Å². The monoisotopic (exact) mass is 187 g/mol. The number of hydrogen-bond acceptors (Lipinski definition) is 2. The van der Waals surface area contributed by atoms with Crippen LogP contribution in [0.5, 0.6) is 0 Å². The molecule has 4 N–H and O–H groups in total. The number of carbonyl (C=O) groups excluding carboxylic acids is 1. The van der Waals surface area contributed by atoms with Gasteiger partial charge in [-0.05, 0) is 31.5 Å². The van der Waals surface area contributed by atoms with Crippen LogP contribution in [-0.4, -0.2) is 23.6 Å². The lowest BCUT2D eigenvalue weighted by Crippen LogP contribution is -2.47. The van der Waals surface area contributed by atoms with Gasteiger partial charge >= 0.3 is 0 Å². The standard InChI is InChI=1S/C7H13N3OS/c8-7(12)10-5-3-1-2-4-9-6(5)11/h5H,1-4H2,(H,9,11)(H3,8,10,12). The molecule has 1 heterocycles. The second-order valence-electron chi connectivity index (χ2n) is 2.85. The van der Waals surface area contributed by atoms with Gasteiger partial charge in [0.2, 0.25) is 5.91 Å². The molecular formula is C7H13N3OS. The molecule has 1 saturated heterocycles. The molecule has 1 unspecified atom stereocenters. The Morgan fingerprint density at radius 2 is 2.42 bits per heavy atom. The van der Waals surface area contributed by atoms with E-state index in [9.17, 15) is 4.79 Å². The van der Waals surface area contributed by atoms with Gasteiger partial charge < -0.3 is 16.4 Å². The van der Waals surface area contributed by atoms with Gasteiger partial charge in [0.15, 0.2) is 5.11 Å². The van der Waals surface area contributed by atoms with Gasteiger partial charge in [0.05, 0.1) is 0 Å². The summed E-state index contributed by atoms with van der Waals surface area (Å²) in [4.78, 5) is 11.3. The van der Waals surface area contributed by atoms with Crippen molar-refractivity contribution in [2.24, 2.45) is 5.73 Å². The minimum Gasteiger partial charge on any atom is -0.376 e. The fourth-order valence-corrected chi connectivity index (χ4v) is 1.39. The topological polar surface area (TPSA) is 67.2 Å². The molecule has 0 aromatic rings. The third kappa shape index (κ3) is 2.65. The molecule has 0 aromatic heterocycles. The molecule has 1 aliphatic heterocycles. The highest BCUT2D eigenvalue weighted by molar-refractivity contribution is 7.80. The van der Waals surface area contributed by atoms with Crippen LogP contribution in [0.2, 0.25) is 0 Å². The van der Waals surface area contributed by atoms with Gasteiger partial charge in [-0.2, -0.15) is 0 Å². The van der Waals surface area contributed by atoms with Crippen LogP contribution in [0.15, 0.2) is 0 Å². The lowest BCUT2D eigenvalue weighted by molar-refractivity contribution is -0.122. The zero-order valence-electron chi connectivity index (χ0n) is 6.80. The van der Waals surface area contributed by atoms with Gasteiger partial charge in [-0.1, -0.05) is 0 Å². The second kappa shape index (κ2) is 4.25. The van der Waals surface area contributed by atoms with E-state index >= 15 is 0 Å². The highest BCUT2D eigenvalue weighted by atomic mass is 32.1. The molecule has 0 radical (unpaired) electrons. The summed E-state index contributed by atoms with van der Waals surface area (Å²) in [7, 11) is 0. The predicted octanol–water partition coefficient (Wildman–Crippen LogP) is -0.512. The smallest absolute Gasteiger partial charge is 0.242 e. The Kier molecular flexibility index (Phi) is 3.28. The Bertz CT molecular complexity index is 195. The number of nitrogens with two attached hydrogens (primary N) is 1. The lowest BCUT2D eigenvalue weighted by atomic mass is 10.1. The molecule has 0 aromatic carbocycles. The first kappa shape index (κ1) is 9.25. The summed E-state index contributed by atoms with van der Waals surface area (Å²) in [5.41, 5.74) is 5.28. The first-order valence-corrected chi connectivity index (χ1v) is 4.44. The Morgan fingerprint density at radius 1 is 1.67 bits per heavy atom. The molecule has 0 saturated carbocycles.